The van der Waals surface area contributed by atoms with Crippen LogP contribution in [0.4, 0.5) is 0 Å². The smallest absolute Gasteiger partial charge is 0.163 e. The second-order valence-electron chi connectivity index (χ2n) is 8.34. The maximum atomic E-state index is 6.04. The van der Waals surface area contributed by atoms with E-state index in [9.17, 15) is 0 Å². The van der Waals surface area contributed by atoms with Gasteiger partial charge in [0.2, 0.25) is 0 Å². The molecule has 1 aliphatic heterocycles. The van der Waals surface area contributed by atoms with E-state index < -0.39 is 0 Å². The van der Waals surface area contributed by atoms with Crippen molar-refractivity contribution < 1.29 is 0 Å². The molecule has 1 saturated heterocycles. The molecule has 0 atom stereocenters. The maximum Gasteiger partial charge on any atom is 0.163 e. The lowest BCUT2D eigenvalue weighted by molar-refractivity contribution is 0.173. The van der Waals surface area contributed by atoms with Crippen LogP contribution in [0, 0.1) is 5.92 Å². The first-order valence-electron chi connectivity index (χ1n) is 10.6. The molecule has 29 heavy (non-hydrogen) atoms. The van der Waals surface area contributed by atoms with Gasteiger partial charge in [-0.3, -0.25) is 4.90 Å². The van der Waals surface area contributed by atoms with Crippen LogP contribution in [0.15, 0.2) is 42.2 Å². The molecule has 0 spiro atoms. The van der Waals surface area contributed by atoms with Crippen molar-refractivity contribution >= 4 is 6.08 Å². The zero-order valence-corrected chi connectivity index (χ0v) is 16.7. The summed E-state index contributed by atoms with van der Waals surface area (Å²) in [6, 6.07) is 10.8. The lowest BCUT2D eigenvalue weighted by Crippen LogP contribution is -2.34. The van der Waals surface area contributed by atoms with Gasteiger partial charge in [-0.25, -0.2) is 0 Å². The fourth-order valence-corrected chi connectivity index (χ4v) is 4.57. The van der Waals surface area contributed by atoms with Crippen LogP contribution in [0.3, 0.4) is 0 Å². The Hall–Kier alpha value is -2.86. The molecule has 1 aliphatic carbocycles. The summed E-state index contributed by atoms with van der Waals surface area (Å²) in [6.07, 6.45) is 9.61. The van der Waals surface area contributed by atoms with Gasteiger partial charge in [-0.2, -0.15) is 0 Å². The Labute approximate surface area is 171 Å². The normalized spacial score (nSPS) is 17.9. The lowest BCUT2D eigenvalue weighted by atomic mass is 9.90. The van der Waals surface area contributed by atoms with E-state index in [4.69, 9.17) is 5.73 Å². The summed E-state index contributed by atoms with van der Waals surface area (Å²) in [4.78, 5) is 9.27. The minimum Gasteiger partial charge on any atom is -0.402 e. The van der Waals surface area contributed by atoms with Crippen molar-refractivity contribution in [2.45, 2.75) is 38.6 Å². The number of aromatic amines is 2. The van der Waals surface area contributed by atoms with Gasteiger partial charge in [0.1, 0.15) is 5.82 Å². The van der Waals surface area contributed by atoms with Gasteiger partial charge in [0.25, 0.3) is 0 Å². The van der Waals surface area contributed by atoms with Gasteiger partial charge >= 0.3 is 0 Å². The molecular formula is C23H28N6. The van der Waals surface area contributed by atoms with Crippen LogP contribution in [0.1, 0.15) is 41.9 Å². The van der Waals surface area contributed by atoms with Crippen molar-refractivity contribution in [2.75, 3.05) is 13.1 Å². The quantitative estimate of drug-likeness (QED) is 0.624. The Morgan fingerprint density at radius 3 is 2.72 bits per heavy atom. The van der Waals surface area contributed by atoms with E-state index in [0.717, 1.165) is 66.9 Å². The maximum absolute atomic E-state index is 6.04. The molecule has 0 radical (unpaired) electrons. The molecular weight excluding hydrogens is 360 g/mol. The number of fused-ring (bicyclic) bond motifs is 1. The van der Waals surface area contributed by atoms with E-state index in [0.29, 0.717) is 0 Å². The molecule has 3 aromatic rings. The zero-order valence-electron chi connectivity index (χ0n) is 16.7. The third kappa shape index (κ3) is 3.98. The number of aryl methyl sites for hydroxylation is 1. The number of aromatic nitrogens is 4. The molecule has 1 fully saturated rings. The SMILES string of the molecule is NC1=Cc2c(-c3nnc(CN4CCC(Cc5ccccc5)CC4)[nH]3)c[nH]c2CC1. The summed E-state index contributed by atoms with van der Waals surface area (Å²) < 4.78 is 0. The minimum atomic E-state index is 0.780. The summed E-state index contributed by atoms with van der Waals surface area (Å²) >= 11 is 0. The fraction of sp³-hybridized carbons (Fsp3) is 0.391. The zero-order chi connectivity index (χ0) is 19.6. The summed E-state index contributed by atoms with van der Waals surface area (Å²) in [5.74, 6) is 2.54. The molecule has 3 heterocycles. The third-order valence-electron chi connectivity index (χ3n) is 6.24. The lowest BCUT2D eigenvalue weighted by Gasteiger charge is -2.31. The van der Waals surface area contributed by atoms with Crippen LogP contribution < -0.4 is 5.73 Å². The van der Waals surface area contributed by atoms with E-state index in [1.165, 1.54) is 30.5 Å². The van der Waals surface area contributed by atoms with E-state index in [1.807, 2.05) is 6.20 Å². The molecule has 2 aliphatic rings. The highest BCUT2D eigenvalue weighted by Gasteiger charge is 2.22. The van der Waals surface area contributed by atoms with Gasteiger partial charge in [0, 0.05) is 28.7 Å². The van der Waals surface area contributed by atoms with Crippen molar-refractivity contribution in [2.24, 2.45) is 11.7 Å². The van der Waals surface area contributed by atoms with E-state index >= 15 is 0 Å². The first-order chi connectivity index (χ1) is 14.2. The topological polar surface area (TPSA) is 86.6 Å². The van der Waals surface area contributed by atoms with Gasteiger partial charge in [-0.15, -0.1) is 10.2 Å². The summed E-state index contributed by atoms with van der Waals surface area (Å²) in [5, 5.41) is 8.81. The fourth-order valence-electron chi connectivity index (χ4n) is 4.57. The first-order valence-corrected chi connectivity index (χ1v) is 10.6. The summed E-state index contributed by atoms with van der Waals surface area (Å²) in [6.45, 7) is 3.06. The number of rotatable bonds is 5. The van der Waals surface area contributed by atoms with Gasteiger partial charge in [-0.1, -0.05) is 30.3 Å². The molecule has 4 N–H and O–H groups in total. The second-order valence-corrected chi connectivity index (χ2v) is 8.34. The number of allylic oxidation sites excluding steroid dienone is 1. The predicted octanol–water partition coefficient (Wildman–Crippen LogP) is 3.50. The molecule has 2 aromatic heterocycles. The van der Waals surface area contributed by atoms with E-state index in [1.54, 1.807) is 0 Å². The monoisotopic (exact) mass is 388 g/mol. The van der Waals surface area contributed by atoms with Crippen LogP contribution >= 0.6 is 0 Å². The van der Waals surface area contributed by atoms with Gasteiger partial charge in [0.15, 0.2) is 5.82 Å². The standard InChI is InChI=1S/C23H28N6/c24-18-6-7-21-19(13-18)20(14-25-21)23-26-22(27-28-23)15-29-10-8-17(9-11-29)12-16-4-2-1-3-5-16/h1-5,13-14,17,25H,6-12,15,24H2,(H,26,27,28). The number of likely N-dealkylation sites (tertiary alicyclic amines) is 1. The number of hydrogen-bond acceptors (Lipinski definition) is 4. The van der Waals surface area contributed by atoms with Gasteiger partial charge in [0.05, 0.1) is 6.54 Å². The van der Waals surface area contributed by atoms with Crippen LogP contribution in [0.5, 0.6) is 0 Å². The summed E-state index contributed by atoms with van der Waals surface area (Å²) in [7, 11) is 0. The molecule has 0 amide bonds. The molecule has 6 nitrogen and oxygen atoms in total. The molecule has 0 unspecified atom stereocenters. The van der Waals surface area contributed by atoms with Crippen molar-refractivity contribution in [1.82, 2.24) is 25.1 Å². The van der Waals surface area contributed by atoms with Crippen molar-refractivity contribution in [3.63, 3.8) is 0 Å². The summed E-state index contributed by atoms with van der Waals surface area (Å²) in [5.41, 5.74) is 11.9. The number of nitrogens with two attached hydrogens (primary N) is 1. The Bertz CT molecular complexity index is 992. The third-order valence-corrected chi connectivity index (χ3v) is 6.24. The van der Waals surface area contributed by atoms with Crippen molar-refractivity contribution in [3.05, 3.63) is 64.9 Å². The molecule has 150 valence electrons. The largest absolute Gasteiger partial charge is 0.402 e. The van der Waals surface area contributed by atoms with Crippen LogP contribution in [-0.2, 0) is 19.4 Å². The number of nitrogens with zero attached hydrogens (tertiary/aromatic N) is 3. The van der Waals surface area contributed by atoms with E-state index in [-0.39, 0.29) is 0 Å². The highest BCUT2D eigenvalue weighted by Crippen LogP contribution is 2.30. The number of hydrogen-bond donors (Lipinski definition) is 3. The molecule has 0 saturated carbocycles. The Morgan fingerprint density at radius 2 is 1.90 bits per heavy atom. The van der Waals surface area contributed by atoms with Crippen LogP contribution in [0.2, 0.25) is 0 Å². The van der Waals surface area contributed by atoms with Crippen LogP contribution in [0.25, 0.3) is 17.5 Å². The number of benzene rings is 1. The van der Waals surface area contributed by atoms with Gasteiger partial charge < -0.3 is 15.7 Å². The second kappa shape index (κ2) is 7.87. The number of nitrogens with one attached hydrogen (secondary N) is 2. The van der Waals surface area contributed by atoms with Crippen molar-refractivity contribution in [3.8, 4) is 11.4 Å². The number of H-pyrrole nitrogens is 2. The van der Waals surface area contributed by atoms with E-state index in [2.05, 4.69) is 61.5 Å². The number of piperidine rings is 1. The Kier molecular flexibility index (Phi) is 4.94. The first kappa shape index (κ1) is 18.2. The Balaban J connectivity index is 1.20. The van der Waals surface area contributed by atoms with Gasteiger partial charge in [-0.05, 0) is 62.8 Å². The van der Waals surface area contributed by atoms with Crippen LogP contribution in [-0.4, -0.2) is 38.2 Å². The minimum absolute atomic E-state index is 0.780. The average molecular weight is 389 g/mol. The highest BCUT2D eigenvalue weighted by molar-refractivity contribution is 5.74. The molecule has 0 bridgehead atoms. The highest BCUT2D eigenvalue weighted by atomic mass is 15.3. The predicted molar refractivity (Wildman–Crippen MR) is 115 cm³/mol. The Morgan fingerprint density at radius 1 is 1.07 bits per heavy atom. The molecule has 6 heteroatoms. The average Bonchev–Trinajstić information content (AvgIpc) is 3.36. The van der Waals surface area contributed by atoms with Crippen molar-refractivity contribution in [1.29, 1.82) is 0 Å². The molecule has 1 aromatic carbocycles. The molecule has 5 rings (SSSR count).